The molecule has 0 aliphatic carbocycles. The van der Waals surface area contributed by atoms with Crippen LogP contribution in [0.15, 0.2) is 47.3 Å². The maximum Gasteiger partial charge on any atom is 0.229 e. The van der Waals surface area contributed by atoms with E-state index >= 15 is 0 Å². The Morgan fingerprint density at radius 2 is 1.75 bits per heavy atom. The molecule has 0 fully saturated rings. The topological polar surface area (TPSA) is 59.3 Å². The van der Waals surface area contributed by atoms with Crippen molar-refractivity contribution in [3.8, 4) is 11.1 Å². The quantitative estimate of drug-likeness (QED) is 0.891. The minimum absolute atomic E-state index is 0.551. The van der Waals surface area contributed by atoms with Gasteiger partial charge >= 0.3 is 0 Å². The zero-order valence-electron chi connectivity index (χ0n) is 8.67. The lowest BCUT2D eigenvalue weighted by Gasteiger charge is -2.04. The van der Waals surface area contributed by atoms with Gasteiger partial charge in [-0.25, -0.2) is 8.42 Å². The van der Waals surface area contributed by atoms with Crippen molar-refractivity contribution in [2.45, 2.75) is 0 Å². The molecule has 0 amide bonds. The molecule has 4 nitrogen and oxygen atoms in total. The molecule has 2 aromatic rings. The number of sulfonamides is 1. The van der Waals surface area contributed by atoms with Crippen LogP contribution in [0.5, 0.6) is 0 Å². The van der Waals surface area contributed by atoms with E-state index in [1.165, 1.54) is 0 Å². The van der Waals surface area contributed by atoms with Crippen molar-refractivity contribution < 1.29 is 12.8 Å². The van der Waals surface area contributed by atoms with Gasteiger partial charge in [-0.3, -0.25) is 4.72 Å². The summed E-state index contributed by atoms with van der Waals surface area (Å²) in [5.74, 6) is 0. The van der Waals surface area contributed by atoms with E-state index in [-0.39, 0.29) is 0 Å². The molecule has 0 spiro atoms. The van der Waals surface area contributed by atoms with Crippen molar-refractivity contribution in [1.29, 1.82) is 0 Å². The Kier molecular flexibility index (Phi) is 2.70. The zero-order valence-corrected chi connectivity index (χ0v) is 9.49. The average molecular weight is 237 g/mol. The number of rotatable bonds is 3. The molecule has 84 valence electrons. The predicted octanol–water partition coefficient (Wildman–Crippen LogP) is 2.32. The minimum atomic E-state index is -3.21. The third-order valence-corrected chi connectivity index (χ3v) is 2.65. The van der Waals surface area contributed by atoms with E-state index in [0.29, 0.717) is 5.69 Å². The number of hydrogen-bond donors (Lipinski definition) is 1. The van der Waals surface area contributed by atoms with E-state index in [4.69, 9.17) is 4.42 Å². The number of furan rings is 1. The maximum atomic E-state index is 11.0. The molecule has 1 N–H and O–H groups in total. The second-order valence-electron chi connectivity index (χ2n) is 3.46. The Labute approximate surface area is 94.0 Å². The van der Waals surface area contributed by atoms with Crippen LogP contribution in [0.3, 0.4) is 0 Å². The zero-order chi connectivity index (χ0) is 11.6. The van der Waals surface area contributed by atoms with Crippen molar-refractivity contribution in [2.24, 2.45) is 0 Å². The summed E-state index contributed by atoms with van der Waals surface area (Å²) in [6.45, 7) is 0. The van der Waals surface area contributed by atoms with Gasteiger partial charge in [-0.15, -0.1) is 0 Å². The van der Waals surface area contributed by atoms with Gasteiger partial charge in [0.15, 0.2) is 0 Å². The Morgan fingerprint density at radius 3 is 2.25 bits per heavy atom. The van der Waals surface area contributed by atoms with Gasteiger partial charge in [0, 0.05) is 11.3 Å². The van der Waals surface area contributed by atoms with E-state index in [0.717, 1.165) is 17.4 Å². The van der Waals surface area contributed by atoms with Gasteiger partial charge < -0.3 is 4.42 Å². The highest BCUT2D eigenvalue weighted by Crippen LogP contribution is 2.21. The van der Waals surface area contributed by atoms with E-state index in [2.05, 4.69) is 4.72 Å². The molecular formula is C11H11NO3S. The van der Waals surface area contributed by atoms with Gasteiger partial charge in [0.1, 0.15) is 0 Å². The van der Waals surface area contributed by atoms with Crippen molar-refractivity contribution in [3.63, 3.8) is 0 Å². The van der Waals surface area contributed by atoms with Gasteiger partial charge in [0.25, 0.3) is 0 Å². The van der Waals surface area contributed by atoms with Crippen LogP contribution in [0.4, 0.5) is 5.69 Å². The first-order valence-electron chi connectivity index (χ1n) is 4.65. The molecule has 16 heavy (non-hydrogen) atoms. The number of anilines is 1. The Balaban J connectivity index is 2.24. The van der Waals surface area contributed by atoms with Crippen LogP contribution < -0.4 is 4.72 Å². The third-order valence-electron chi connectivity index (χ3n) is 2.04. The van der Waals surface area contributed by atoms with E-state index in [1.807, 2.05) is 18.2 Å². The second-order valence-corrected chi connectivity index (χ2v) is 5.21. The highest BCUT2D eigenvalue weighted by Gasteiger charge is 2.02. The Bertz CT molecular complexity index is 556. The van der Waals surface area contributed by atoms with Crippen molar-refractivity contribution in [2.75, 3.05) is 11.0 Å². The summed E-state index contributed by atoms with van der Waals surface area (Å²) in [5, 5.41) is 0. The van der Waals surface area contributed by atoms with Crippen LogP contribution in [0.25, 0.3) is 11.1 Å². The predicted molar refractivity (Wildman–Crippen MR) is 62.6 cm³/mol. The lowest BCUT2D eigenvalue weighted by Crippen LogP contribution is -2.09. The fourth-order valence-corrected chi connectivity index (χ4v) is 1.94. The molecular weight excluding hydrogens is 226 g/mol. The van der Waals surface area contributed by atoms with E-state index in [9.17, 15) is 8.42 Å². The third kappa shape index (κ3) is 2.64. The molecule has 0 radical (unpaired) electrons. The first-order valence-corrected chi connectivity index (χ1v) is 6.54. The van der Waals surface area contributed by atoms with Crippen LogP contribution in [0.2, 0.25) is 0 Å². The van der Waals surface area contributed by atoms with E-state index < -0.39 is 10.0 Å². The minimum Gasteiger partial charge on any atom is -0.472 e. The molecule has 0 bridgehead atoms. The SMILES string of the molecule is CS(=O)(=O)Nc1ccc(-c2ccoc2)cc1. The van der Waals surface area contributed by atoms with Crippen molar-refractivity contribution in [3.05, 3.63) is 42.9 Å². The summed E-state index contributed by atoms with van der Waals surface area (Å²) in [6, 6.07) is 8.93. The summed E-state index contributed by atoms with van der Waals surface area (Å²) in [5.41, 5.74) is 2.49. The Morgan fingerprint density at radius 1 is 1.06 bits per heavy atom. The lowest BCUT2D eigenvalue weighted by atomic mass is 10.1. The van der Waals surface area contributed by atoms with Gasteiger partial charge in [-0.2, -0.15) is 0 Å². The van der Waals surface area contributed by atoms with Crippen molar-refractivity contribution in [1.82, 2.24) is 0 Å². The van der Waals surface area contributed by atoms with Gasteiger partial charge in [-0.1, -0.05) is 12.1 Å². The first-order chi connectivity index (χ1) is 7.54. The number of nitrogens with one attached hydrogen (secondary N) is 1. The highest BCUT2D eigenvalue weighted by atomic mass is 32.2. The van der Waals surface area contributed by atoms with Gasteiger partial charge in [-0.05, 0) is 23.8 Å². The average Bonchev–Trinajstić information content (AvgIpc) is 2.69. The molecule has 0 saturated carbocycles. The maximum absolute atomic E-state index is 11.0. The first kappa shape index (κ1) is 10.8. The van der Waals surface area contributed by atoms with Gasteiger partial charge in [0.05, 0.1) is 18.8 Å². The lowest BCUT2D eigenvalue weighted by molar-refractivity contribution is 0.568. The molecule has 2 rings (SSSR count). The molecule has 0 unspecified atom stereocenters. The molecule has 5 heteroatoms. The fraction of sp³-hybridized carbons (Fsp3) is 0.0909. The number of benzene rings is 1. The van der Waals surface area contributed by atoms with Crippen molar-refractivity contribution >= 4 is 15.7 Å². The molecule has 0 atom stereocenters. The Hall–Kier alpha value is -1.75. The highest BCUT2D eigenvalue weighted by molar-refractivity contribution is 7.92. The van der Waals surface area contributed by atoms with Crippen LogP contribution >= 0.6 is 0 Å². The molecule has 1 heterocycles. The molecule has 1 aromatic carbocycles. The van der Waals surface area contributed by atoms with Crippen LogP contribution in [-0.2, 0) is 10.0 Å². The van der Waals surface area contributed by atoms with Crippen LogP contribution in [0, 0.1) is 0 Å². The largest absolute Gasteiger partial charge is 0.472 e. The molecule has 1 aromatic heterocycles. The molecule has 0 aliphatic rings. The summed E-state index contributed by atoms with van der Waals surface area (Å²) in [6.07, 6.45) is 4.36. The summed E-state index contributed by atoms with van der Waals surface area (Å²) >= 11 is 0. The number of hydrogen-bond acceptors (Lipinski definition) is 3. The molecule has 0 aliphatic heterocycles. The molecule has 0 saturated heterocycles. The van der Waals surface area contributed by atoms with Gasteiger partial charge in [0.2, 0.25) is 10.0 Å². The standard InChI is InChI=1S/C11H11NO3S/c1-16(13,14)12-11-4-2-9(3-5-11)10-6-7-15-8-10/h2-8,12H,1H3. The van der Waals surface area contributed by atoms with Crippen LogP contribution in [-0.4, -0.2) is 14.7 Å². The fourth-order valence-electron chi connectivity index (χ4n) is 1.37. The normalized spacial score (nSPS) is 11.3. The summed E-state index contributed by atoms with van der Waals surface area (Å²) in [4.78, 5) is 0. The smallest absolute Gasteiger partial charge is 0.229 e. The van der Waals surface area contributed by atoms with E-state index in [1.54, 1.807) is 24.7 Å². The summed E-state index contributed by atoms with van der Waals surface area (Å²) < 4.78 is 29.3. The monoisotopic (exact) mass is 237 g/mol. The van der Waals surface area contributed by atoms with Crippen LogP contribution in [0.1, 0.15) is 0 Å². The summed E-state index contributed by atoms with van der Waals surface area (Å²) in [7, 11) is -3.21. The second kappa shape index (κ2) is 4.02.